The molecule has 2 aliphatic rings. The quantitative estimate of drug-likeness (QED) is 0.209. The summed E-state index contributed by atoms with van der Waals surface area (Å²) in [5, 5.41) is 0. The van der Waals surface area contributed by atoms with Crippen molar-refractivity contribution in [2.75, 3.05) is 23.9 Å². The summed E-state index contributed by atoms with van der Waals surface area (Å²) in [6.07, 6.45) is 3.95. The van der Waals surface area contributed by atoms with E-state index in [1.165, 1.54) is 12.1 Å². The van der Waals surface area contributed by atoms with Crippen LogP contribution in [0.1, 0.15) is 18.1 Å². The van der Waals surface area contributed by atoms with Gasteiger partial charge >= 0.3 is 21.1 Å². The van der Waals surface area contributed by atoms with Gasteiger partial charge in [0.05, 0.1) is 0 Å². The fourth-order valence-corrected chi connectivity index (χ4v) is 4.96. The van der Waals surface area contributed by atoms with Crippen molar-refractivity contribution >= 4 is 17.1 Å². The van der Waals surface area contributed by atoms with E-state index < -0.39 is 5.54 Å². The van der Waals surface area contributed by atoms with Gasteiger partial charge in [-0.1, -0.05) is 30.3 Å². The first-order valence-electron chi connectivity index (χ1n) is 12.4. The molecule has 0 aromatic heterocycles. The molecule has 0 fully saturated rings. The van der Waals surface area contributed by atoms with Crippen LogP contribution in [0.25, 0.3) is 0 Å². The summed E-state index contributed by atoms with van der Waals surface area (Å²) in [7, 11) is 4.01. The van der Waals surface area contributed by atoms with E-state index in [0.29, 0.717) is 11.5 Å². The third-order valence-corrected chi connectivity index (χ3v) is 7.12. The van der Waals surface area contributed by atoms with Gasteiger partial charge in [0, 0.05) is 22.7 Å². The Morgan fingerprint density at radius 2 is 1.44 bits per heavy atom. The Balaban J connectivity index is 0.00000308. The van der Waals surface area contributed by atoms with Crippen molar-refractivity contribution in [1.82, 2.24) is 9.80 Å². The van der Waals surface area contributed by atoms with Gasteiger partial charge in [-0.3, -0.25) is 0 Å². The molecule has 0 amide bonds. The second-order valence-electron chi connectivity index (χ2n) is 9.58. The van der Waals surface area contributed by atoms with Gasteiger partial charge in [0.25, 0.3) is 0 Å². The average Bonchev–Trinajstić information content (AvgIpc) is 3.38. The van der Waals surface area contributed by atoms with Crippen LogP contribution in [0.5, 0.6) is 11.5 Å². The number of rotatable bonds is 5. The summed E-state index contributed by atoms with van der Waals surface area (Å²) in [6.45, 7) is 6.19. The Kier molecular flexibility index (Phi) is 7.52. The van der Waals surface area contributed by atoms with Crippen LogP contribution in [0.2, 0.25) is 0 Å². The first-order chi connectivity index (χ1) is 18.4. The molecule has 0 saturated heterocycles. The summed E-state index contributed by atoms with van der Waals surface area (Å²) >= 11 is 0. The summed E-state index contributed by atoms with van der Waals surface area (Å²) in [5.74, 6) is 0.955. The van der Waals surface area contributed by atoms with Gasteiger partial charge in [0.15, 0.2) is 0 Å². The van der Waals surface area contributed by atoms with Crippen LogP contribution < -0.4 is 14.5 Å². The fraction of sp³-hybridized carbons (Fsp3) is 0.125. The van der Waals surface area contributed by atoms with Gasteiger partial charge in [-0.25, -0.2) is 4.39 Å². The molecule has 39 heavy (non-hydrogen) atoms. The van der Waals surface area contributed by atoms with Crippen LogP contribution in [0.15, 0.2) is 97.3 Å². The van der Waals surface area contributed by atoms with E-state index in [-0.39, 0.29) is 26.9 Å². The molecule has 2 heterocycles. The predicted molar refractivity (Wildman–Crippen MR) is 148 cm³/mol. The van der Waals surface area contributed by atoms with Crippen molar-refractivity contribution < 1.29 is 30.2 Å². The maximum absolute atomic E-state index is 13.7. The number of hydrogen-bond donors (Lipinski definition) is 0. The van der Waals surface area contributed by atoms with Crippen molar-refractivity contribution in [3.05, 3.63) is 140 Å². The van der Waals surface area contributed by atoms with E-state index in [1.54, 1.807) is 0 Å². The van der Waals surface area contributed by atoms with Crippen LogP contribution in [-0.4, -0.2) is 23.9 Å². The van der Waals surface area contributed by atoms with E-state index in [4.69, 9.17) is 4.74 Å². The first kappa shape index (κ1) is 27.0. The zero-order valence-corrected chi connectivity index (χ0v) is 24.1. The van der Waals surface area contributed by atoms with Gasteiger partial charge in [0.2, 0.25) is 0 Å². The van der Waals surface area contributed by atoms with Gasteiger partial charge in [-0.05, 0) is 62.7 Å². The second-order valence-corrected chi connectivity index (χ2v) is 9.58. The molecule has 2 aliphatic heterocycles. The Bertz CT molecular complexity index is 1490. The van der Waals surface area contributed by atoms with Crippen LogP contribution in [0.4, 0.5) is 21.5 Å². The molecule has 1 unspecified atom stereocenters. The predicted octanol–water partition coefficient (Wildman–Crippen LogP) is 7.02. The Morgan fingerprint density at radius 3 is 2.13 bits per heavy atom. The fourth-order valence-electron chi connectivity index (χ4n) is 4.96. The SMILES string of the molecule is CN1C=CN(c2[c-]c(Oc3[c-]c(N4[CH-]N(C)C(C)(c5ccc(F)cc5)c5ccccc54)ccc3)ccc2)[CH-]1.[Pt+4]. The first-order valence-corrected chi connectivity index (χ1v) is 12.4. The zero-order valence-electron chi connectivity index (χ0n) is 21.8. The van der Waals surface area contributed by atoms with Gasteiger partial charge in [-0.2, -0.15) is 25.5 Å². The second kappa shape index (κ2) is 10.9. The van der Waals surface area contributed by atoms with Crippen LogP contribution in [0.3, 0.4) is 0 Å². The minimum absolute atomic E-state index is 0. The summed E-state index contributed by atoms with van der Waals surface area (Å²) in [6, 6.07) is 33.4. The molecule has 0 spiro atoms. The molecule has 7 heteroatoms. The van der Waals surface area contributed by atoms with Gasteiger partial charge < -0.3 is 24.3 Å². The molecule has 4 aromatic carbocycles. The largest absolute Gasteiger partial charge is 4.00 e. The van der Waals surface area contributed by atoms with Crippen molar-refractivity contribution in [1.29, 1.82) is 0 Å². The number of anilines is 3. The normalized spacial score (nSPS) is 18.6. The van der Waals surface area contributed by atoms with Crippen molar-refractivity contribution in [2.24, 2.45) is 0 Å². The van der Waals surface area contributed by atoms with Crippen molar-refractivity contribution in [2.45, 2.75) is 12.5 Å². The van der Waals surface area contributed by atoms with Crippen molar-refractivity contribution in [3.63, 3.8) is 0 Å². The van der Waals surface area contributed by atoms with Crippen LogP contribution in [-0.2, 0) is 26.6 Å². The molecule has 6 rings (SSSR count). The maximum atomic E-state index is 13.7. The zero-order chi connectivity index (χ0) is 26.3. The van der Waals surface area contributed by atoms with E-state index in [1.807, 2.05) is 104 Å². The third-order valence-electron chi connectivity index (χ3n) is 7.12. The Hall–Kier alpha value is -3.60. The average molecular weight is 698 g/mol. The molecule has 4 aromatic rings. The third kappa shape index (κ3) is 5.07. The van der Waals surface area contributed by atoms with E-state index >= 15 is 0 Å². The molecule has 5 nitrogen and oxygen atoms in total. The summed E-state index contributed by atoms with van der Waals surface area (Å²) in [5.41, 5.74) is 4.41. The van der Waals surface area contributed by atoms with E-state index in [9.17, 15) is 4.39 Å². The number of ether oxygens (including phenoxy) is 1. The van der Waals surface area contributed by atoms with Gasteiger partial charge in [-0.15, -0.1) is 47.8 Å². The van der Waals surface area contributed by atoms with E-state index in [0.717, 1.165) is 28.2 Å². The molecule has 0 N–H and O–H groups in total. The minimum atomic E-state index is -0.473. The Labute approximate surface area is 244 Å². The number of hydrogen-bond acceptors (Lipinski definition) is 5. The van der Waals surface area contributed by atoms with Crippen LogP contribution >= 0.6 is 0 Å². The van der Waals surface area contributed by atoms with Crippen molar-refractivity contribution in [3.8, 4) is 11.5 Å². The summed E-state index contributed by atoms with van der Waals surface area (Å²) in [4.78, 5) is 8.22. The van der Waals surface area contributed by atoms with Gasteiger partial charge in [0.1, 0.15) is 5.82 Å². The smallest absolute Gasteiger partial charge is 0.510 e. The molecule has 1 atom stereocenters. The molecule has 198 valence electrons. The van der Waals surface area contributed by atoms with Crippen LogP contribution in [0, 0.1) is 31.3 Å². The standard InChI is InChI=1S/C32H27FN4O.Pt/c1-32(24-14-16-25(33)17-15-24)30-12-4-5-13-31(30)37(23-35(32)3)27-9-7-11-29(21-27)38-28-10-6-8-26(20-28)36-19-18-34(2)22-36;/h4-19,22-23H,1-3H3;/q-4;+4. The maximum Gasteiger partial charge on any atom is 4.00 e. The number of fused-ring (bicyclic) bond motifs is 1. The molecule has 0 bridgehead atoms. The number of nitrogens with zero attached hydrogens (tertiary/aromatic N) is 4. The molecule has 0 radical (unpaired) electrons. The topological polar surface area (TPSA) is 22.2 Å². The number of benzene rings is 4. The minimum Gasteiger partial charge on any atom is -0.510 e. The number of halogens is 1. The summed E-state index contributed by atoms with van der Waals surface area (Å²) < 4.78 is 19.9. The molecular formula is C32H27FN4OPt. The van der Waals surface area contributed by atoms with E-state index in [2.05, 4.69) is 47.7 Å². The Morgan fingerprint density at radius 1 is 0.769 bits per heavy atom. The number of para-hydroxylation sites is 1. The molecule has 0 aliphatic carbocycles. The monoisotopic (exact) mass is 697 g/mol. The molecule has 0 saturated carbocycles. The molecular weight excluding hydrogens is 670 g/mol.